The Hall–Kier alpha value is -1.41. The molecule has 0 aliphatic heterocycles. The van der Waals surface area contributed by atoms with Crippen LogP contribution in [-0.4, -0.2) is 39.9 Å². The van der Waals surface area contributed by atoms with Crippen LogP contribution >= 0.6 is 0 Å². The molecular weight excluding hydrogens is 234 g/mol. The van der Waals surface area contributed by atoms with E-state index >= 15 is 0 Å². The van der Waals surface area contributed by atoms with Crippen molar-refractivity contribution >= 4 is 26.7 Å². The normalized spacial score (nSPS) is 10.5. The second-order valence-corrected chi connectivity index (χ2v) is 5.33. The molecule has 0 bridgehead atoms. The van der Waals surface area contributed by atoms with E-state index in [4.69, 9.17) is 13.3 Å². The van der Waals surface area contributed by atoms with Crippen LogP contribution < -0.4 is 5.32 Å². The Morgan fingerprint density at radius 3 is 1.44 bits per heavy atom. The molecule has 0 aromatic rings. The van der Waals surface area contributed by atoms with E-state index in [0.29, 0.717) is 0 Å². The van der Waals surface area contributed by atoms with Crippen LogP contribution in [0.15, 0.2) is 0 Å². The average molecular weight is 249 g/mol. The highest BCUT2D eigenvalue weighted by Gasteiger charge is 2.51. The van der Waals surface area contributed by atoms with Crippen molar-refractivity contribution in [3.8, 4) is 0 Å². The maximum atomic E-state index is 10.9. The Kier molecular flexibility index (Phi) is 5.68. The Labute approximate surface area is 94.4 Å². The van der Waals surface area contributed by atoms with E-state index in [0.717, 1.165) is 20.8 Å². The second kappa shape index (κ2) is 6.23. The summed E-state index contributed by atoms with van der Waals surface area (Å²) in [5.74, 6) is -2.03. The van der Waals surface area contributed by atoms with Crippen molar-refractivity contribution in [3.63, 3.8) is 0 Å². The van der Waals surface area contributed by atoms with Crippen molar-refractivity contribution in [2.75, 3.05) is 13.2 Å². The Morgan fingerprint density at radius 1 is 0.938 bits per heavy atom. The van der Waals surface area contributed by atoms with Gasteiger partial charge in [-0.15, -0.1) is 0 Å². The van der Waals surface area contributed by atoms with Crippen LogP contribution in [0.4, 0.5) is 0 Å². The fourth-order valence-corrected chi connectivity index (χ4v) is 3.13. The van der Waals surface area contributed by atoms with Gasteiger partial charge in [0.2, 0.25) is 0 Å². The fraction of sp³-hybridized carbons (Fsp3) is 0.625. The highest BCUT2D eigenvalue weighted by molar-refractivity contribution is 6.65. The van der Waals surface area contributed by atoms with Crippen molar-refractivity contribution in [2.45, 2.75) is 20.8 Å². The maximum Gasteiger partial charge on any atom is 0.719 e. The molecule has 0 rings (SSSR count). The smallest absolute Gasteiger partial charge is 0.455 e. The number of rotatable bonds is 5. The van der Waals surface area contributed by atoms with E-state index in [1.54, 1.807) is 7.05 Å². The van der Waals surface area contributed by atoms with E-state index in [1.165, 1.54) is 0 Å². The lowest BCUT2D eigenvalue weighted by Crippen LogP contribution is -2.56. The van der Waals surface area contributed by atoms with Gasteiger partial charge in [-0.2, -0.15) is 0 Å². The highest BCUT2D eigenvalue weighted by Crippen LogP contribution is 2.10. The third-order valence-electron chi connectivity index (χ3n) is 1.29. The summed E-state index contributed by atoms with van der Waals surface area (Å²) in [5, 5.41) is 2.65. The number of hydrogen-bond acceptors (Lipinski definition) is 7. The molecule has 0 aromatic heterocycles. The molecule has 0 fully saturated rings. The summed E-state index contributed by atoms with van der Waals surface area (Å²) in [6.07, 6.45) is -0.0221. The molecule has 8 heteroatoms. The molecule has 0 amide bonds. The average Bonchev–Trinajstić information content (AvgIpc) is 1.98. The van der Waals surface area contributed by atoms with Gasteiger partial charge in [-0.1, -0.05) is 0 Å². The minimum Gasteiger partial charge on any atom is -0.455 e. The van der Waals surface area contributed by atoms with Gasteiger partial charge in [0.15, 0.2) is 0 Å². The first-order valence-corrected chi connectivity index (χ1v) is 6.48. The molecule has 0 aliphatic carbocycles. The summed E-state index contributed by atoms with van der Waals surface area (Å²) in [4.78, 5) is 32.7. The monoisotopic (exact) mass is 249 g/mol. The summed E-state index contributed by atoms with van der Waals surface area (Å²) in [7, 11) is -2.09. The molecule has 0 saturated carbocycles. The predicted molar refractivity (Wildman–Crippen MR) is 55.0 cm³/mol. The number of hydrogen-bond donors (Lipinski definition) is 1. The lowest BCUT2D eigenvalue weighted by Gasteiger charge is -2.25. The van der Waals surface area contributed by atoms with Gasteiger partial charge in [-0.3, -0.25) is 14.4 Å². The quantitative estimate of drug-likeness (QED) is 0.649. The molecule has 0 radical (unpaired) electrons. The summed E-state index contributed by atoms with van der Waals surface area (Å²) >= 11 is 0. The summed E-state index contributed by atoms with van der Waals surface area (Å²) in [6, 6.07) is 0. The third-order valence-corrected chi connectivity index (χ3v) is 3.87. The largest absolute Gasteiger partial charge is 0.719 e. The Bertz CT molecular complexity index is 251. The van der Waals surface area contributed by atoms with E-state index < -0.39 is 26.7 Å². The van der Waals surface area contributed by atoms with Crippen LogP contribution in [0.2, 0.25) is 0 Å². The van der Waals surface area contributed by atoms with E-state index in [9.17, 15) is 14.4 Å². The predicted octanol–water partition coefficient (Wildman–Crippen LogP) is -0.627. The molecular formula is C8H15NO6Si. The van der Waals surface area contributed by atoms with Gasteiger partial charge in [-0.05, 0) is 7.05 Å². The van der Waals surface area contributed by atoms with E-state index in [-0.39, 0.29) is 6.17 Å². The first-order chi connectivity index (χ1) is 7.31. The third kappa shape index (κ3) is 5.46. The fourth-order valence-electron chi connectivity index (χ4n) is 1.04. The minimum atomic E-state index is -3.64. The second-order valence-electron chi connectivity index (χ2n) is 2.99. The molecule has 0 heterocycles. The van der Waals surface area contributed by atoms with E-state index in [2.05, 4.69) is 5.32 Å². The Morgan fingerprint density at radius 2 is 1.25 bits per heavy atom. The lowest BCUT2D eigenvalue weighted by molar-refractivity contribution is -0.147. The van der Waals surface area contributed by atoms with Crippen LogP contribution in [0.5, 0.6) is 0 Å². The molecule has 0 aromatic carbocycles. The van der Waals surface area contributed by atoms with Gasteiger partial charge in [0.1, 0.15) is 6.17 Å². The molecule has 0 spiro atoms. The number of carbonyl (C=O) groups is 3. The molecule has 0 saturated heterocycles. The van der Waals surface area contributed by atoms with Gasteiger partial charge in [0, 0.05) is 20.8 Å². The topological polar surface area (TPSA) is 90.9 Å². The van der Waals surface area contributed by atoms with Crippen LogP contribution in [0.3, 0.4) is 0 Å². The SMILES string of the molecule is CNC[Si](OC(C)=O)(OC(C)=O)OC(C)=O. The van der Waals surface area contributed by atoms with Gasteiger partial charge < -0.3 is 18.6 Å². The summed E-state index contributed by atoms with van der Waals surface area (Å²) in [6.45, 7) is 3.43. The van der Waals surface area contributed by atoms with Crippen LogP contribution in [0, 0.1) is 0 Å². The van der Waals surface area contributed by atoms with Crippen LogP contribution in [-0.2, 0) is 27.7 Å². The molecule has 16 heavy (non-hydrogen) atoms. The van der Waals surface area contributed by atoms with Gasteiger partial charge in [0.05, 0.1) is 0 Å². The number of nitrogens with one attached hydrogen (secondary N) is 1. The first-order valence-electron chi connectivity index (χ1n) is 4.54. The van der Waals surface area contributed by atoms with Gasteiger partial charge in [0.25, 0.3) is 17.9 Å². The van der Waals surface area contributed by atoms with Crippen LogP contribution in [0.25, 0.3) is 0 Å². The lowest BCUT2D eigenvalue weighted by atomic mass is 10.9. The summed E-state index contributed by atoms with van der Waals surface area (Å²) in [5.41, 5.74) is 0. The zero-order valence-electron chi connectivity index (χ0n) is 9.66. The van der Waals surface area contributed by atoms with Crippen molar-refractivity contribution in [1.82, 2.24) is 5.32 Å². The Balaban J connectivity index is 4.93. The summed E-state index contributed by atoms with van der Waals surface area (Å²) < 4.78 is 14.6. The molecule has 7 nitrogen and oxygen atoms in total. The molecule has 0 aliphatic rings. The molecule has 0 unspecified atom stereocenters. The standard InChI is InChI=1S/C8H15NO6Si/c1-6(10)13-16(5-9-4,14-7(2)11)15-8(3)12/h9H,5H2,1-4H3. The van der Waals surface area contributed by atoms with Crippen molar-refractivity contribution in [2.24, 2.45) is 0 Å². The molecule has 1 N–H and O–H groups in total. The van der Waals surface area contributed by atoms with Crippen molar-refractivity contribution in [1.29, 1.82) is 0 Å². The number of carbonyl (C=O) groups excluding carboxylic acids is 3. The van der Waals surface area contributed by atoms with Gasteiger partial charge >= 0.3 is 8.80 Å². The minimum absolute atomic E-state index is 0.0221. The zero-order valence-corrected chi connectivity index (χ0v) is 10.7. The van der Waals surface area contributed by atoms with Crippen molar-refractivity contribution in [3.05, 3.63) is 0 Å². The molecule has 92 valence electrons. The van der Waals surface area contributed by atoms with Gasteiger partial charge in [-0.25, -0.2) is 0 Å². The van der Waals surface area contributed by atoms with E-state index in [1.807, 2.05) is 0 Å². The highest BCUT2D eigenvalue weighted by atomic mass is 28.4. The molecule has 0 atom stereocenters. The maximum absolute atomic E-state index is 10.9. The zero-order chi connectivity index (χ0) is 12.8. The van der Waals surface area contributed by atoms with Crippen molar-refractivity contribution < 1.29 is 27.7 Å². The van der Waals surface area contributed by atoms with Crippen LogP contribution in [0.1, 0.15) is 20.8 Å². The first kappa shape index (κ1) is 14.6.